The van der Waals surface area contributed by atoms with E-state index in [-0.39, 0.29) is 10.5 Å². The second-order valence-electron chi connectivity index (χ2n) is 4.52. The summed E-state index contributed by atoms with van der Waals surface area (Å²) in [5.41, 5.74) is 0.882. The van der Waals surface area contributed by atoms with Crippen LogP contribution >= 0.6 is 0 Å². The largest absolute Gasteiger partial charge is 0.307 e. The summed E-state index contributed by atoms with van der Waals surface area (Å²) in [5, 5.41) is 6.77. The Balaban J connectivity index is 2.38. The van der Waals surface area contributed by atoms with E-state index in [9.17, 15) is 13.2 Å². The lowest BCUT2D eigenvalue weighted by Crippen LogP contribution is -2.17. The van der Waals surface area contributed by atoms with Crippen molar-refractivity contribution in [2.24, 2.45) is 7.05 Å². The van der Waals surface area contributed by atoms with Crippen molar-refractivity contribution in [1.82, 2.24) is 9.78 Å². The highest BCUT2D eigenvalue weighted by atomic mass is 32.2. The molecule has 106 valence electrons. The molecule has 1 N–H and O–H groups in total. The van der Waals surface area contributed by atoms with E-state index >= 15 is 0 Å². The van der Waals surface area contributed by atoms with Gasteiger partial charge in [-0.15, -0.1) is 0 Å². The van der Waals surface area contributed by atoms with E-state index in [1.54, 1.807) is 32.2 Å². The van der Waals surface area contributed by atoms with Gasteiger partial charge in [-0.05, 0) is 19.1 Å². The number of rotatable bonds is 3. The third-order valence-electron chi connectivity index (χ3n) is 2.77. The molecule has 0 aliphatic rings. The summed E-state index contributed by atoms with van der Waals surface area (Å²) >= 11 is 0. The van der Waals surface area contributed by atoms with Crippen molar-refractivity contribution in [3.8, 4) is 0 Å². The number of aromatic nitrogens is 2. The first-order valence-electron chi connectivity index (χ1n) is 5.90. The fourth-order valence-corrected chi connectivity index (χ4v) is 2.77. The number of hydrogen-bond donors (Lipinski definition) is 1. The molecular weight excluding hydrogens is 278 g/mol. The molecule has 1 heterocycles. The molecule has 0 bridgehead atoms. The van der Waals surface area contributed by atoms with Gasteiger partial charge < -0.3 is 5.32 Å². The van der Waals surface area contributed by atoms with Crippen molar-refractivity contribution in [3.63, 3.8) is 0 Å². The number of anilines is 1. The Labute approximate surface area is 117 Å². The summed E-state index contributed by atoms with van der Waals surface area (Å²) in [6.07, 6.45) is 1.08. The molecule has 0 atom stereocenters. The van der Waals surface area contributed by atoms with E-state index in [4.69, 9.17) is 0 Å². The second kappa shape index (κ2) is 5.09. The Bertz CT molecular complexity index is 763. The maximum absolute atomic E-state index is 12.2. The summed E-state index contributed by atoms with van der Waals surface area (Å²) < 4.78 is 24.9. The average molecular weight is 293 g/mol. The Morgan fingerprint density at radius 1 is 1.30 bits per heavy atom. The predicted molar refractivity (Wildman–Crippen MR) is 75.5 cm³/mol. The van der Waals surface area contributed by atoms with Gasteiger partial charge in [0.2, 0.25) is 0 Å². The number of nitrogens with one attached hydrogen (secondary N) is 1. The van der Waals surface area contributed by atoms with Gasteiger partial charge in [-0.3, -0.25) is 9.48 Å². The smallest absolute Gasteiger partial charge is 0.258 e. The van der Waals surface area contributed by atoms with Crippen LogP contribution in [-0.2, 0) is 16.9 Å². The van der Waals surface area contributed by atoms with Gasteiger partial charge in [0, 0.05) is 19.4 Å². The predicted octanol–water partition coefficient (Wildman–Crippen LogP) is 1.38. The van der Waals surface area contributed by atoms with Gasteiger partial charge in [-0.1, -0.05) is 12.1 Å². The quantitative estimate of drug-likeness (QED) is 0.927. The molecule has 20 heavy (non-hydrogen) atoms. The zero-order valence-electron chi connectivity index (χ0n) is 11.4. The maximum atomic E-state index is 12.2. The fourth-order valence-electron chi connectivity index (χ4n) is 1.89. The van der Waals surface area contributed by atoms with Crippen LogP contribution in [0.25, 0.3) is 0 Å². The van der Waals surface area contributed by atoms with E-state index in [0.29, 0.717) is 5.82 Å². The average Bonchev–Trinajstić information content (AvgIpc) is 2.66. The van der Waals surface area contributed by atoms with Crippen molar-refractivity contribution in [2.75, 3.05) is 11.6 Å². The Hall–Kier alpha value is -2.15. The van der Waals surface area contributed by atoms with Gasteiger partial charge in [0.1, 0.15) is 5.82 Å². The van der Waals surface area contributed by atoms with Crippen molar-refractivity contribution in [2.45, 2.75) is 11.8 Å². The minimum Gasteiger partial charge on any atom is -0.307 e. The minimum atomic E-state index is -3.46. The molecule has 0 unspecified atom stereocenters. The van der Waals surface area contributed by atoms with Crippen LogP contribution in [0, 0.1) is 6.92 Å². The number of benzene rings is 1. The zero-order valence-corrected chi connectivity index (χ0v) is 12.2. The molecule has 1 amide bonds. The molecule has 2 rings (SSSR count). The number of nitrogens with zero attached hydrogens (tertiary/aromatic N) is 2. The highest BCUT2D eigenvalue weighted by Crippen LogP contribution is 2.17. The van der Waals surface area contributed by atoms with Crippen LogP contribution in [-0.4, -0.2) is 30.4 Å². The van der Waals surface area contributed by atoms with Crippen LogP contribution in [0.5, 0.6) is 0 Å². The van der Waals surface area contributed by atoms with Crippen LogP contribution < -0.4 is 5.32 Å². The molecule has 0 aliphatic heterocycles. The fraction of sp³-hybridized carbons (Fsp3) is 0.231. The first-order valence-corrected chi connectivity index (χ1v) is 7.79. The summed E-state index contributed by atoms with van der Waals surface area (Å²) in [5.74, 6) is 0.0322. The SMILES string of the molecule is Cc1cc(NC(=O)c2ccccc2S(C)(=O)=O)n(C)n1. The number of hydrogen-bond acceptors (Lipinski definition) is 4. The Morgan fingerprint density at radius 2 is 1.95 bits per heavy atom. The molecule has 1 aromatic heterocycles. The number of carbonyl (C=O) groups is 1. The molecule has 2 aromatic rings. The van der Waals surface area contributed by atoms with Gasteiger partial charge in [0.25, 0.3) is 5.91 Å². The molecular formula is C13H15N3O3S. The molecule has 0 fully saturated rings. The molecule has 6 nitrogen and oxygen atoms in total. The van der Waals surface area contributed by atoms with E-state index in [1.165, 1.54) is 16.8 Å². The summed E-state index contributed by atoms with van der Waals surface area (Å²) in [4.78, 5) is 12.2. The lowest BCUT2D eigenvalue weighted by atomic mass is 10.2. The first-order chi connectivity index (χ1) is 9.29. The molecule has 1 aromatic carbocycles. The number of amides is 1. The zero-order chi connectivity index (χ0) is 14.9. The Morgan fingerprint density at radius 3 is 2.50 bits per heavy atom. The van der Waals surface area contributed by atoms with Crippen LogP contribution in [0.3, 0.4) is 0 Å². The third-order valence-corrected chi connectivity index (χ3v) is 3.93. The van der Waals surface area contributed by atoms with Crippen molar-refractivity contribution in [1.29, 1.82) is 0 Å². The van der Waals surface area contributed by atoms with Crippen LogP contribution in [0.15, 0.2) is 35.2 Å². The maximum Gasteiger partial charge on any atom is 0.258 e. The molecule has 0 aliphatic carbocycles. The molecule has 7 heteroatoms. The van der Waals surface area contributed by atoms with Gasteiger partial charge >= 0.3 is 0 Å². The topological polar surface area (TPSA) is 81.1 Å². The van der Waals surface area contributed by atoms with Crippen LogP contribution in [0.1, 0.15) is 16.1 Å². The van der Waals surface area contributed by atoms with Gasteiger partial charge in [0.05, 0.1) is 16.2 Å². The third kappa shape index (κ3) is 2.88. The second-order valence-corrected chi connectivity index (χ2v) is 6.50. The highest BCUT2D eigenvalue weighted by molar-refractivity contribution is 7.90. The lowest BCUT2D eigenvalue weighted by Gasteiger charge is -2.08. The number of aryl methyl sites for hydroxylation is 2. The molecule has 0 radical (unpaired) electrons. The molecule has 0 saturated heterocycles. The van der Waals surface area contributed by atoms with Crippen molar-refractivity contribution < 1.29 is 13.2 Å². The highest BCUT2D eigenvalue weighted by Gasteiger charge is 2.19. The van der Waals surface area contributed by atoms with E-state index in [1.807, 2.05) is 0 Å². The number of carbonyl (C=O) groups excluding carboxylic acids is 1. The normalized spacial score (nSPS) is 11.3. The first kappa shape index (κ1) is 14.3. The standard InChI is InChI=1S/C13H15N3O3S/c1-9-8-12(16(2)15-9)14-13(17)10-6-4-5-7-11(10)20(3,18)19/h4-8H,1-3H3,(H,14,17). The van der Waals surface area contributed by atoms with Gasteiger partial charge in [-0.2, -0.15) is 5.10 Å². The van der Waals surface area contributed by atoms with Crippen LogP contribution in [0.2, 0.25) is 0 Å². The molecule has 0 saturated carbocycles. The van der Waals surface area contributed by atoms with E-state index < -0.39 is 15.7 Å². The van der Waals surface area contributed by atoms with E-state index in [2.05, 4.69) is 10.4 Å². The van der Waals surface area contributed by atoms with Gasteiger partial charge in [0.15, 0.2) is 9.84 Å². The number of sulfone groups is 1. The minimum absolute atomic E-state index is 0.0105. The summed E-state index contributed by atoms with van der Waals surface area (Å²) in [7, 11) is -1.76. The summed E-state index contributed by atoms with van der Waals surface area (Å²) in [6, 6.07) is 7.81. The Kier molecular flexibility index (Phi) is 3.63. The lowest BCUT2D eigenvalue weighted by molar-refractivity contribution is 0.102. The van der Waals surface area contributed by atoms with Gasteiger partial charge in [-0.25, -0.2) is 8.42 Å². The van der Waals surface area contributed by atoms with Crippen molar-refractivity contribution >= 4 is 21.6 Å². The monoisotopic (exact) mass is 293 g/mol. The van der Waals surface area contributed by atoms with Crippen LogP contribution in [0.4, 0.5) is 5.82 Å². The van der Waals surface area contributed by atoms with Crippen molar-refractivity contribution in [3.05, 3.63) is 41.6 Å². The molecule has 0 spiro atoms. The summed E-state index contributed by atoms with van der Waals surface area (Å²) in [6.45, 7) is 1.81. The van der Waals surface area contributed by atoms with E-state index in [0.717, 1.165) is 11.9 Å².